The number of carbonyl (C=O) groups is 1. The molecular formula is C20H31N5O. The molecule has 6 nitrogen and oxygen atoms in total. The van der Waals surface area contributed by atoms with Crippen LogP contribution < -0.4 is 10.6 Å². The zero-order chi connectivity index (χ0) is 18.7. The number of carbonyl (C=O) groups excluding carboxylic acids is 1. The lowest BCUT2D eigenvalue weighted by atomic mass is 9.85. The average molecular weight is 358 g/mol. The zero-order valence-electron chi connectivity index (χ0n) is 16.4. The number of nitrogens with zero attached hydrogens (tertiary/aromatic N) is 3. The van der Waals surface area contributed by atoms with Gasteiger partial charge in [-0.15, -0.1) is 0 Å². The van der Waals surface area contributed by atoms with Crippen molar-refractivity contribution >= 4 is 17.6 Å². The van der Waals surface area contributed by atoms with Gasteiger partial charge in [0, 0.05) is 31.9 Å². The third-order valence-electron chi connectivity index (χ3n) is 5.77. The molecule has 0 spiro atoms. The summed E-state index contributed by atoms with van der Waals surface area (Å²) in [4.78, 5) is 22.3. The van der Waals surface area contributed by atoms with Crippen molar-refractivity contribution in [2.75, 3.05) is 45.6 Å². The highest BCUT2D eigenvalue weighted by Crippen LogP contribution is 2.30. The Morgan fingerprint density at radius 3 is 2.42 bits per heavy atom. The molecule has 1 aromatic carbocycles. The first-order valence-electron chi connectivity index (χ1n) is 9.52. The average Bonchev–Trinajstić information content (AvgIpc) is 2.65. The van der Waals surface area contributed by atoms with E-state index in [2.05, 4.69) is 25.4 Å². The molecule has 0 unspecified atom stereocenters. The second-order valence-corrected chi connectivity index (χ2v) is 7.62. The molecule has 1 saturated heterocycles. The number of hydrogen-bond acceptors (Lipinski definition) is 5. The summed E-state index contributed by atoms with van der Waals surface area (Å²) in [6.07, 6.45) is 2.67. The maximum atomic E-state index is 13.3. The van der Waals surface area contributed by atoms with Crippen LogP contribution in [0.25, 0.3) is 0 Å². The molecule has 0 radical (unpaired) electrons. The Kier molecular flexibility index (Phi) is 5.51. The van der Waals surface area contributed by atoms with E-state index in [-0.39, 0.29) is 5.91 Å². The number of hydrogen-bond donors (Lipinski definition) is 2. The van der Waals surface area contributed by atoms with E-state index in [1.54, 1.807) is 0 Å². The maximum absolute atomic E-state index is 13.3. The first-order chi connectivity index (χ1) is 12.4. The Morgan fingerprint density at radius 1 is 1.23 bits per heavy atom. The summed E-state index contributed by atoms with van der Waals surface area (Å²) in [7, 11) is 4.02. The van der Waals surface area contributed by atoms with Gasteiger partial charge in [0.25, 0.3) is 0 Å². The van der Waals surface area contributed by atoms with E-state index >= 15 is 0 Å². The lowest BCUT2D eigenvalue weighted by molar-refractivity contribution is -0.129. The number of piperidine rings is 1. The number of para-hydroxylation sites is 1. The quantitative estimate of drug-likeness (QED) is 0.869. The van der Waals surface area contributed by atoms with Crippen molar-refractivity contribution in [3.05, 3.63) is 29.3 Å². The van der Waals surface area contributed by atoms with Gasteiger partial charge in [0.1, 0.15) is 5.54 Å². The summed E-state index contributed by atoms with van der Waals surface area (Å²) in [5.41, 5.74) is 2.66. The van der Waals surface area contributed by atoms with Crippen LogP contribution in [0.4, 0.5) is 5.69 Å². The molecule has 6 heteroatoms. The number of anilines is 1. The monoisotopic (exact) mass is 357 g/mol. The van der Waals surface area contributed by atoms with Crippen LogP contribution in [0.2, 0.25) is 0 Å². The molecule has 1 amide bonds. The topological polar surface area (TPSA) is 60.0 Å². The number of aryl methyl sites for hydroxylation is 2. The molecule has 3 rings (SSSR count). The van der Waals surface area contributed by atoms with Gasteiger partial charge >= 0.3 is 0 Å². The molecule has 0 aliphatic carbocycles. The molecule has 0 saturated carbocycles. The molecule has 26 heavy (non-hydrogen) atoms. The number of likely N-dealkylation sites (tertiary alicyclic amines) is 1. The molecular weight excluding hydrogens is 326 g/mol. The van der Waals surface area contributed by atoms with Crippen LogP contribution in [-0.2, 0) is 4.79 Å². The summed E-state index contributed by atoms with van der Waals surface area (Å²) in [5.74, 6) is 1.09. The highest BCUT2D eigenvalue weighted by atomic mass is 16.2. The highest BCUT2D eigenvalue weighted by molar-refractivity contribution is 5.99. The SMILES string of the molecule is Cc1cccc(C)c1NC(=O)C1(N(C)C)CCN(C2=NCCCN2)CC1. The molecule has 0 bridgehead atoms. The van der Waals surface area contributed by atoms with Crippen molar-refractivity contribution in [1.82, 2.24) is 15.1 Å². The molecule has 2 N–H and O–H groups in total. The van der Waals surface area contributed by atoms with Crippen molar-refractivity contribution in [1.29, 1.82) is 0 Å². The highest BCUT2D eigenvalue weighted by Gasteiger charge is 2.44. The Bertz CT molecular complexity index is 669. The molecule has 2 aliphatic heterocycles. The number of amides is 1. The summed E-state index contributed by atoms with van der Waals surface area (Å²) >= 11 is 0. The third kappa shape index (κ3) is 3.56. The molecule has 0 aromatic heterocycles. The van der Waals surface area contributed by atoms with E-state index < -0.39 is 5.54 Å². The number of guanidine groups is 1. The largest absolute Gasteiger partial charge is 0.356 e. The van der Waals surface area contributed by atoms with E-state index in [4.69, 9.17) is 0 Å². The van der Waals surface area contributed by atoms with Gasteiger partial charge in [0.15, 0.2) is 5.96 Å². The smallest absolute Gasteiger partial charge is 0.245 e. The molecule has 2 aliphatic rings. The molecule has 1 aromatic rings. The van der Waals surface area contributed by atoms with E-state index in [0.29, 0.717) is 0 Å². The van der Waals surface area contributed by atoms with Crippen LogP contribution in [0.15, 0.2) is 23.2 Å². The van der Waals surface area contributed by atoms with E-state index in [0.717, 1.165) is 68.2 Å². The van der Waals surface area contributed by atoms with Crippen molar-refractivity contribution in [3.63, 3.8) is 0 Å². The summed E-state index contributed by atoms with van der Waals surface area (Å²) < 4.78 is 0. The van der Waals surface area contributed by atoms with Crippen LogP contribution in [0.3, 0.4) is 0 Å². The Labute approximate surface area is 156 Å². The zero-order valence-corrected chi connectivity index (χ0v) is 16.4. The lowest BCUT2D eigenvalue weighted by Gasteiger charge is -2.45. The fraction of sp³-hybridized carbons (Fsp3) is 0.600. The number of aliphatic imine (C=N–C) groups is 1. The van der Waals surface area contributed by atoms with Crippen LogP contribution in [-0.4, -0.2) is 67.5 Å². The number of benzene rings is 1. The minimum Gasteiger partial charge on any atom is -0.356 e. The standard InChI is InChI=1S/C20H31N5O/c1-15-7-5-8-16(2)17(15)23-18(26)20(24(3)4)9-13-25(14-10-20)19-21-11-6-12-22-19/h5,7-8H,6,9-14H2,1-4H3,(H,21,22)(H,23,26). The summed E-state index contributed by atoms with van der Waals surface area (Å²) in [6, 6.07) is 6.11. The number of likely N-dealkylation sites (N-methyl/N-ethyl adjacent to an activating group) is 1. The first-order valence-corrected chi connectivity index (χ1v) is 9.52. The Balaban J connectivity index is 1.75. The van der Waals surface area contributed by atoms with Gasteiger partial charge in [0.2, 0.25) is 5.91 Å². The van der Waals surface area contributed by atoms with Crippen LogP contribution in [0.1, 0.15) is 30.4 Å². The van der Waals surface area contributed by atoms with Crippen LogP contribution >= 0.6 is 0 Å². The fourth-order valence-electron chi connectivity index (χ4n) is 3.94. The van der Waals surface area contributed by atoms with Gasteiger partial charge in [-0.25, -0.2) is 0 Å². The lowest BCUT2D eigenvalue weighted by Crippen LogP contribution is -2.61. The minimum absolute atomic E-state index is 0.0955. The fourth-order valence-corrected chi connectivity index (χ4v) is 3.94. The van der Waals surface area contributed by atoms with Gasteiger partial charge < -0.3 is 15.5 Å². The predicted octanol–water partition coefficient (Wildman–Crippen LogP) is 1.99. The minimum atomic E-state index is -0.486. The maximum Gasteiger partial charge on any atom is 0.245 e. The second-order valence-electron chi connectivity index (χ2n) is 7.62. The summed E-state index contributed by atoms with van der Waals surface area (Å²) in [6.45, 7) is 7.64. The molecule has 1 fully saturated rings. The first kappa shape index (κ1) is 18.7. The summed E-state index contributed by atoms with van der Waals surface area (Å²) in [5, 5.41) is 6.61. The van der Waals surface area contributed by atoms with Crippen molar-refractivity contribution in [3.8, 4) is 0 Å². The number of nitrogens with one attached hydrogen (secondary N) is 2. The van der Waals surface area contributed by atoms with Crippen LogP contribution in [0.5, 0.6) is 0 Å². The van der Waals surface area contributed by atoms with Gasteiger partial charge in [-0.1, -0.05) is 18.2 Å². The Morgan fingerprint density at radius 2 is 1.88 bits per heavy atom. The van der Waals surface area contributed by atoms with Gasteiger partial charge in [-0.2, -0.15) is 0 Å². The molecule has 142 valence electrons. The van der Waals surface area contributed by atoms with E-state index in [9.17, 15) is 4.79 Å². The Hall–Kier alpha value is -2.08. The normalized spacial score (nSPS) is 19.7. The van der Waals surface area contributed by atoms with Gasteiger partial charge in [-0.05, 0) is 58.3 Å². The van der Waals surface area contributed by atoms with Crippen molar-refractivity contribution in [2.24, 2.45) is 4.99 Å². The van der Waals surface area contributed by atoms with E-state index in [1.165, 1.54) is 0 Å². The van der Waals surface area contributed by atoms with Crippen LogP contribution in [0, 0.1) is 13.8 Å². The van der Waals surface area contributed by atoms with Gasteiger partial charge in [0.05, 0.1) is 0 Å². The van der Waals surface area contributed by atoms with Crippen molar-refractivity contribution in [2.45, 2.75) is 38.6 Å². The number of rotatable bonds is 3. The molecule has 2 heterocycles. The second kappa shape index (κ2) is 7.66. The predicted molar refractivity (Wildman–Crippen MR) is 107 cm³/mol. The van der Waals surface area contributed by atoms with E-state index in [1.807, 2.05) is 46.1 Å². The third-order valence-corrected chi connectivity index (χ3v) is 5.77. The van der Waals surface area contributed by atoms with Gasteiger partial charge in [-0.3, -0.25) is 14.7 Å². The molecule has 0 atom stereocenters. The van der Waals surface area contributed by atoms with Crippen molar-refractivity contribution < 1.29 is 4.79 Å².